The number of anilines is 1. The van der Waals surface area contributed by atoms with Crippen LogP contribution in [0.3, 0.4) is 0 Å². The fourth-order valence-electron chi connectivity index (χ4n) is 2.23. The van der Waals surface area contributed by atoms with Gasteiger partial charge in [0.2, 0.25) is 0 Å². The molecular formula is C18H21N3O2S. The molecule has 5 nitrogen and oxygen atoms in total. The highest BCUT2D eigenvalue weighted by molar-refractivity contribution is 7.80. The number of nitrogens with one attached hydrogen (secondary N) is 3. The number of aryl methyl sites for hydroxylation is 3. The number of para-hydroxylation sites is 1. The summed E-state index contributed by atoms with van der Waals surface area (Å²) in [5, 5.41) is 3.34. The van der Waals surface area contributed by atoms with Crippen LogP contribution in [-0.4, -0.2) is 17.6 Å². The number of benzene rings is 2. The SMILES string of the molecule is Cc1cc(C)cc(NC(=S)NNC(=O)COc2ccccc2C)c1. The highest BCUT2D eigenvalue weighted by Gasteiger charge is 2.05. The van der Waals surface area contributed by atoms with Crippen molar-refractivity contribution in [3.05, 3.63) is 59.2 Å². The molecule has 0 aliphatic heterocycles. The Bertz CT molecular complexity index is 727. The number of carbonyl (C=O) groups is 1. The Morgan fingerprint density at radius 1 is 1.04 bits per heavy atom. The van der Waals surface area contributed by atoms with Crippen molar-refractivity contribution in [3.63, 3.8) is 0 Å². The van der Waals surface area contributed by atoms with E-state index >= 15 is 0 Å². The van der Waals surface area contributed by atoms with Crippen molar-refractivity contribution in [3.8, 4) is 5.75 Å². The summed E-state index contributed by atoms with van der Waals surface area (Å²) in [6.45, 7) is 5.86. The lowest BCUT2D eigenvalue weighted by Crippen LogP contribution is -2.45. The van der Waals surface area contributed by atoms with Gasteiger partial charge in [-0.15, -0.1) is 0 Å². The van der Waals surface area contributed by atoms with Crippen LogP contribution in [-0.2, 0) is 4.79 Å². The van der Waals surface area contributed by atoms with Crippen molar-refractivity contribution < 1.29 is 9.53 Å². The lowest BCUT2D eigenvalue weighted by atomic mass is 10.1. The third kappa shape index (κ3) is 5.55. The molecule has 2 rings (SSSR count). The summed E-state index contributed by atoms with van der Waals surface area (Å²) < 4.78 is 5.46. The molecule has 1 amide bonds. The summed E-state index contributed by atoms with van der Waals surface area (Å²) in [5.41, 5.74) is 9.28. The fraction of sp³-hybridized carbons (Fsp3) is 0.222. The van der Waals surface area contributed by atoms with Gasteiger partial charge in [-0.3, -0.25) is 15.6 Å². The van der Waals surface area contributed by atoms with Crippen LogP contribution in [0.25, 0.3) is 0 Å². The molecule has 0 radical (unpaired) electrons. The van der Waals surface area contributed by atoms with Gasteiger partial charge in [0.05, 0.1) is 0 Å². The highest BCUT2D eigenvalue weighted by atomic mass is 32.1. The van der Waals surface area contributed by atoms with E-state index in [1.165, 1.54) is 0 Å². The molecule has 0 aromatic heterocycles. The number of thiocarbonyl (C=S) groups is 1. The lowest BCUT2D eigenvalue weighted by Gasteiger charge is -2.13. The highest BCUT2D eigenvalue weighted by Crippen LogP contribution is 2.15. The van der Waals surface area contributed by atoms with Crippen molar-refractivity contribution in [2.24, 2.45) is 0 Å². The molecule has 0 atom stereocenters. The van der Waals surface area contributed by atoms with Crippen LogP contribution >= 0.6 is 12.2 Å². The molecule has 0 spiro atoms. The molecule has 0 saturated carbocycles. The maximum absolute atomic E-state index is 11.8. The van der Waals surface area contributed by atoms with Crippen LogP contribution in [0.5, 0.6) is 5.75 Å². The van der Waals surface area contributed by atoms with Crippen molar-refractivity contribution >= 4 is 28.9 Å². The van der Waals surface area contributed by atoms with E-state index in [1.807, 2.05) is 57.2 Å². The third-order valence-corrected chi connectivity index (χ3v) is 3.45. The van der Waals surface area contributed by atoms with Gasteiger partial charge >= 0.3 is 0 Å². The van der Waals surface area contributed by atoms with E-state index in [-0.39, 0.29) is 12.5 Å². The average Bonchev–Trinajstić information content (AvgIpc) is 2.51. The van der Waals surface area contributed by atoms with E-state index in [4.69, 9.17) is 17.0 Å². The number of carbonyl (C=O) groups excluding carboxylic acids is 1. The molecule has 0 fully saturated rings. The normalized spacial score (nSPS) is 9.96. The zero-order chi connectivity index (χ0) is 17.5. The van der Waals surface area contributed by atoms with Gasteiger partial charge in [-0.25, -0.2) is 0 Å². The molecule has 0 heterocycles. The number of rotatable bonds is 4. The topological polar surface area (TPSA) is 62.4 Å². The minimum atomic E-state index is -0.317. The van der Waals surface area contributed by atoms with Gasteiger partial charge < -0.3 is 10.1 Å². The van der Waals surface area contributed by atoms with Crippen LogP contribution in [0.1, 0.15) is 16.7 Å². The van der Waals surface area contributed by atoms with Crippen molar-refractivity contribution in [2.45, 2.75) is 20.8 Å². The summed E-state index contributed by atoms with van der Waals surface area (Å²) in [4.78, 5) is 11.8. The summed E-state index contributed by atoms with van der Waals surface area (Å²) >= 11 is 5.16. The Kier molecular flexibility index (Phi) is 6.14. The Morgan fingerprint density at radius 3 is 2.38 bits per heavy atom. The number of hydrogen-bond acceptors (Lipinski definition) is 3. The summed E-state index contributed by atoms with van der Waals surface area (Å²) in [7, 11) is 0. The molecule has 0 bridgehead atoms. The van der Waals surface area contributed by atoms with E-state index in [1.54, 1.807) is 0 Å². The quantitative estimate of drug-likeness (QED) is 0.588. The number of hydrazine groups is 1. The summed E-state index contributed by atoms with van der Waals surface area (Å²) in [6.07, 6.45) is 0. The van der Waals surface area contributed by atoms with Gasteiger partial charge in [0, 0.05) is 5.69 Å². The van der Waals surface area contributed by atoms with E-state index < -0.39 is 0 Å². The van der Waals surface area contributed by atoms with Gasteiger partial charge in [0.1, 0.15) is 5.75 Å². The third-order valence-electron chi connectivity index (χ3n) is 3.25. The molecule has 0 unspecified atom stereocenters. The predicted molar refractivity (Wildman–Crippen MR) is 100 cm³/mol. The number of hydrogen-bond donors (Lipinski definition) is 3. The second-order valence-electron chi connectivity index (χ2n) is 5.56. The lowest BCUT2D eigenvalue weighted by molar-refractivity contribution is -0.123. The van der Waals surface area contributed by atoms with Gasteiger partial charge in [-0.2, -0.15) is 0 Å². The Balaban J connectivity index is 1.77. The Labute approximate surface area is 147 Å². The van der Waals surface area contributed by atoms with Gasteiger partial charge in [0.15, 0.2) is 11.7 Å². The fourth-order valence-corrected chi connectivity index (χ4v) is 2.40. The maximum Gasteiger partial charge on any atom is 0.276 e. The molecule has 2 aromatic rings. The molecule has 2 aromatic carbocycles. The molecule has 0 aliphatic carbocycles. The van der Waals surface area contributed by atoms with Crippen molar-refractivity contribution in [1.82, 2.24) is 10.9 Å². The molecular weight excluding hydrogens is 322 g/mol. The first-order valence-corrected chi connectivity index (χ1v) is 7.97. The minimum Gasteiger partial charge on any atom is -0.483 e. The van der Waals surface area contributed by atoms with Crippen molar-refractivity contribution in [2.75, 3.05) is 11.9 Å². The standard InChI is InChI=1S/C18H21N3O2S/c1-12-8-13(2)10-15(9-12)19-18(24)21-20-17(22)11-23-16-7-5-4-6-14(16)3/h4-10H,11H2,1-3H3,(H,20,22)(H2,19,21,24). The smallest absolute Gasteiger partial charge is 0.276 e. The largest absolute Gasteiger partial charge is 0.483 e. The van der Waals surface area contributed by atoms with Crippen molar-refractivity contribution in [1.29, 1.82) is 0 Å². The zero-order valence-electron chi connectivity index (χ0n) is 14.0. The molecule has 0 aliphatic rings. The molecule has 24 heavy (non-hydrogen) atoms. The molecule has 3 N–H and O–H groups in total. The molecule has 0 saturated heterocycles. The molecule has 6 heteroatoms. The monoisotopic (exact) mass is 343 g/mol. The Hall–Kier alpha value is -2.60. The van der Waals surface area contributed by atoms with Gasteiger partial charge in [0.25, 0.3) is 5.91 Å². The first-order chi connectivity index (χ1) is 11.4. The zero-order valence-corrected chi connectivity index (χ0v) is 14.8. The summed E-state index contributed by atoms with van der Waals surface area (Å²) in [6, 6.07) is 13.6. The molecule has 126 valence electrons. The summed E-state index contributed by atoms with van der Waals surface area (Å²) in [5.74, 6) is 0.367. The number of ether oxygens (including phenoxy) is 1. The minimum absolute atomic E-state index is 0.0932. The van der Waals surface area contributed by atoms with Crippen LogP contribution in [0.4, 0.5) is 5.69 Å². The van der Waals surface area contributed by atoms with Crippen LogP contribution < -0.4 is 20.9 Å². The Morgan fingerprint density at radius 2 is 1.71 bits per heavy atom. The van der Waals surface area contributed by atoms with Gasteiger partial charge in [-0.05, 0) is 67.9 Å². The van der Waals surface area contributed by atoms with E-state index in [9.17, 15) is 4.79 Å². The van der Waals surface area contributed by atoms with Crippen LogP contribution in [0, 0.1) is 20.8 Å². The van der Waals surface area contributed by atoms with E-state index in [2.05, 4.69) is 22.2 Å². The second kappa shape index (κ2) is 8.31. The van der Waals surface area contributed by atoms with Crippen LogP contribution in [0.2, 0.25) is 0 Å². The van der Waals surface area contributed by atoms with E-state index in [0.717, 1.165) is 22.4 Å². The predicted octanol–water partition coefficient (Wildman–Crippen LogP) is 3.01. The average molecular weight is 343 g/mol. The first kappa shape index (κ1) is 17.7. The van der Waals surface area contributed by atoms with Gasteiger partial charge in [-0.1, -0.05) is 24.3 Å². The first-order valence-electron chi connectivity index (χ1n) is 7.56. The second-order valence-corrected chi connectivity index (χ2v) is 5.97. The van der Waals surface area contributed by atoms with E-state index in [0.29, 0.717) is 10.9 Å². The maximum atomic E-state index is 11.8. The number of amides is 1. The van der Waals surface area contributed by atoms with Crippen LogP contribution in [0.15, 0.2) is 42.5 Å².